The van der Waals surface area contributed by atoms with Crippen molar-refractivity contribution in [2.45, 2.75) is 18.7 Å². The first-order valence-electron chi connectivity index (χ1n) is 6.49. The molecule has 0 saturated carbocycles. The van der Waals surface area contributed by atoms with Crippen molar-refractivity contribution in [2.24, 2.45) is 11.5 Å². The molecule has 1 aliphatic heterocycles. The SMILES string of the molecule is COc1ccc(-c2cccc3c2C[C@H](N)C(N)O3)cn1. The Morgan fingerprint density at radius 2 is 2.10 bits per heavy atom. The zero-order valence-electron chi connectivity index (χ0n) is 11.2. The molecule has 20 heavy (non-hydrogen) atoms. The van der Waals surface area contributed by atoms with Crippen molar-refractivity contribution < 1.29 is 9.47 Å². The van der Waals surface area contributed by atoms with E-state index in [-0.39, 0.29) is 6.04 Å². The molecule has 2 atom stereocenters. The summed E-state index contributed by atoms with van der Waals surface area (Å²) in [6, 6.07) is 9.51. The van der Waals surface area contributed by atoms with Crippen molar-refractivity contribution in [3.05, 3.63) is 42.1 Å². The van der Waals surface area contributed by atoms with E-state index in [1.54, 1.807) is 13.3 Å². The summed E-state index contributed by atoms with van der Waals surface area (Å²) in [5.41, 5.74) is 15.0. The molecule has 0 bridgehead atoms. The molecule has 5 heteroatoms. The van der Waals surface area contributed by atoms with Gasteiger partial charge in [-0.05, 0) is 24.1 Å². The molecule has 0 spiro atoms. The van der Waals surface area contributed by atoms with Gasteiger partial charge in [0.2, 0.25) is 5.88 Å². The molecule has 2 heterocycles. The molecule has 3 rings (SSSR count). The summed E-state index contributed by atoms with van der Waals surface area (Å²) >= 11 is 0. The molecule has 1 unspecified atom stereocenters. The van der Waals surface area contributed by atoms with Gasteiger partial charge in [0.1, 0.15) is 5.75 Å². The molecular formula is C15H17N3O2. The summed E-state index contributed by atoms with van der Waals surface area (Å²) in [4.78, 5) is 4.24. The summed E-state index contributed by atoms with van der Waals surface area (Å²) in [5.74, 6) is 1.39. The van der Waals surface area contributed by atoms with Crippen LogP contribution in [0.2, 0.25) is 0 Å². The summed E-state index contributed by atoms with van der Waals surface area (Å²) in [6.45, 7) is 0. The Bertz CT molecular complexity index is 613. The molecule has 0 fully saturated rings. The number of hydrogen-bond acceptors (Lipinski definition) is 5. The highest BCUT2D eigenvalue weighted by Gasteiger charge is 2.26. The van der Waals surface area contributed by atoms with Crippen LogP contribution in [0, 0.1) is 0 Å². The maximum absolute atomic E-state index is 6.00. The van der Waals surface area contributed by atoms with Gasteiger partial charge in [0.15, 0.2) is 6.23 Å². The van der Waals surface area contributed by atoms with Gasteiger partial charge in [-0.15, -0.1) is 0 Å². The minimum atomic E-state index is -0.452. The number of methoxy groups -OCH3 is 1. The topological polar surface area (TPSA) is 83.4 Å². The highest BCUT2D eigenvalue weighted by molar-refractivity contribution is 5.70. The van der Waals surface area contributed by atoms with Gasteiger partial charge < -0.3 is 15.2 Å². The lowest BCUT2D eigenvalue weighted by atomic mass is 9.93. The lowest BCUT2D eigenvalue weighted by Gasteiger charge is -2.30. The molecule has 0 amide bonds. The van der Waals surface area contributed by atoms with Crippen molar-refractivity contribution >= 4 is 0 Å². The second kappa shape index (κ2) is 5.11. The van der Waals surface area contributed by atoms with Crippen LogP contribution in [0.5, 0.6) is 11.6 Å². The van der Waals surface area contributed by atoms with E-state index >= 15 is 0 Å². The fourth-order valence-corrected chi connectivity index (χ4v) is 2.40. The lowest BCUT2D eigenvalue weighted by Crippen LogP contribution is -2.49. The Labute approximate surface area is 117 Å². The first-order chi connectivity index (χ1) is 9.69. The maximum Gasteiger partial charge on any atom is 0.212 e. The second-order valence-corrected chi connectivity index (χ2v) is 4.82. The van der Waals surface area contributed by atoms with Crippen LogP contribution in [0.15, 0.2) is 36.5 Å². The van der Waals surface area contributed by atoms with E-state index in [9.17, 15) is 0 Å². The number of fused-ring (bicyclic) bond motifs is 1. The van der Waals surface area contributed by atoms with Crippen molar-refractivity contribution in [3.8, 4) is 22.8 Å². The van der Waals surface area contributed by atoms with E-state index in [2.05, 4.69) is 4.98 Å². The third-order valence-electron chi connectivity index (χ3n) is 3.51. The Morgan fingerprint density at radius 3 is 2.80 bits per heavy atom. The van der Waals surface area contributed by atoms with Gasteiger partial charge in [-0.2, -0.15) is 0 Å². The normalized spacial score (nSPS) is 20.9. The Hall–Kier alpha value is -2.11. The molecule has 1 aromatic heterocycles. The first kappa shape index (κ1) is 12.9. The van der Waals surface area contributed by atoms with Gasteiger partial charge in [-0.25, -0.2) is 4.98 Å². The third-order valence-corrected chi connectivity index (χ3v) is 3.51. The van der Waals surface area contributed by atoms with E-state index in [1.165, 1.54) is 0 Å². The largest absolute Gasteiger partial charge is 0.481 e. The minimum Gasteiger partial charge on any atom is -0.481 e. The van der Waals surface area contributed by atoms with Crippen LogP contribution in [0.4, 0.5) is 0 Å². The number of ether oxygens (including phenoxy) is 2. The molecule has 1 aromatic carbocycles. The van der Waals surface area contributed by atoms with Gasteiger partial charge in [-0.3, -0.25) is 5.73 Å². The van der Waals surface area contributed by atoms with E-state index in [0.29, 0.717) is 12.3 Å². The van der Waals surface area contributed by atoms with Gasteiger partial charge in [0.25, 0.3) is 0 Å². The molecule has 5 nitrogen and oxygen atoms in total. The number of pyridine rings is 1. The fourth-order valence-electron chi connectivity index (χ4n) is 2.40. The van der Waals surface area contributed by atoms with Gasteiger partial charge in [0.05, 0.1) is 13.2 Å². The summed E-state index contributed by atoms with van der Waals surface area (Å²) in [6.07, 6.45) is 2.03. The predicted molar refractivity (Wildman–Crippen MR) is 76.5 cm³/mol. The van der Waals surface area contributed by atoms with Gasteiger partial charge in [-0.1, -0.05) is 12.1 Å². The number of rotatable bonds is 2. The smallest absolute Gasteiger partial charge is 0.212 e. The van der Waals surface area contributed by atoms with Crippen LogP contribution in [-0.4, -0.2) is 24.4 Å². The summed E-state index contributed by atoms with van der Waals surface area (Å²) in [5, 5.41) is 0. The van der Waals surface area contributed by atoms with E-state index in [0.717, 1.165) is 22.4 Å². The van der Waals surface area contributed by atoms with Crippen molar-refractivity contribution in [3.63, 3.8) is 0 Å². The number of aromatic nitrogens is 1. The van der Waals surface area contributed by atoms with Crippen LogP contribution < -0.4 is 20.9 Å². The number of nitrogens with zero attached hydrogens (tertiary/aromatic N) is 1. The van der Waals surface area contributed by atoms with Gasteiger partial charge in [0, 0.05) is 23.4 Å². The van der Waals surface area contributed by atoms with Crippen molar-refractivity contribution in [1.82, 2.24) is 4.98 Å². The highest BCUT2D eigenvalue weighted by atomic mass is 16.5. The third kappa shape index (κ3) is 2.21. The van der Waals surface area contributed by atoms with Crippen LogP contribution in [0.1, 0.15) is 5.56 Å². The number of nitrogens with two attached hydrogens (primary N) is 2. The quantitative estimate of drug-likeness (QED) is 0.860. The average molecular weight is 271 g/mol. The Balaban J connectivity index is 2.04. The fraction of sp³-hybridized carbons (Fsp3) is 0.267. The number of hydrogen-bond donors (Lipinski definition) is 2. The molecule has 0 saturated heterocycles. The molecule has 2 aromatic rings. The highest BCUT2D eigenvalue weighted by Crippen LogP contribution is 2.34. The number of benzene rings is 1. The van der Waals surface area contributed by atoms with Crippen LogP contribution in [0.25, 0.3) is 11.1 Å². The zero-order valence-corrected chi connectivity index (χ0v) is 11.2. The van der Waals surface area contributed by atoms with Crippen LogP contribution >= 0.6 is 0 Å². The lowest BCUT2D eigenvalue weighted by molar-refractivity contribution is 0.158. The van der Waals surface area contributed by atoms with Crippen molar-refractivity contribution in [1.29, 1.82) is 0 Å². The molecule has 1 aliphatic rings. The minimum absolute atomic E-state index is 0.199. The van der Waals surface area contributed by atoms with E-state index < -0.39 is 6.23 Å². The zero-order chi connectivity index (χ0) is 14.1. The summed E-state index contributed by atoms with van der Waals surface area (Å²) in [7, 11) is 1.60. The maximum atomic E-state index is 6.00. The van der Waals surface area contributed by atoms with Crippen LogP contribution in [-0.2, 0) is 6.42 Å². The van der Waals surface area contributed by atoms with Gasteiger partial charge >= 0.3 is 0 Å². The molecule has 0 radical (unpaired) electrons. The van der Waals surface area contributed by atoms with Crippen LogP contribution in [0.3, 0.4) is 0 Å². The molecule has 4 N–H and O–H groups in total. The Kier molecular flexibility index (Phi) is 3.30. The molecule has 104 valence electrons. The Morgan fingerprint density at radius 1 is 1.25 bits per heavy atom. The molecular weight excluding hydrogens is 254 g/mol. The van der Waals surface area contributed by atoms with E-state index in [1.807, 2.05) is 30.3 Å². The monoisotopic (exact) mass is 271 g/mol. The standard InChI is InChI=1S/C15H17N3O2/c1-19-14-6-5-9(8-18-14)10-3-2-4-13-11(10)7-12(16)15(17)20-13/h2-6,8,12,15H,7,16-17H2,1H3/t12-,15?/m0/s1. The van der Waals surface area contributed by atoms with Crippen molar-refractivity contribution in [2.75, 3.05) is 7.11 Å². The average Bonchev–Trinajstić information content (AvgIpc) is 2.48. The predicted octanol–water partition coefficient (Wildman–Crippen LogP) is 1.30. The molecule has 0 aliphatic carbocycles. The van der Waals surface area contributed by atoms with E-state index in [4.69, 9.17) is 20.9 Å². The summed E-state index contributed by atoms with van der Waals surface area (Å²) < 4.78 is 10.7. The first-order valence-corrected chi connectivity index (χ1v) is 6.49. The second-order valence-electron chi connectivity index (χ2n) is 4.82.